The average Bonchev–Trinajstić information content (AvgIpc) is 2.27. The fraction of sp³-hybridized carbons (Fsp3) is 0.357. The molecule has 1 aromatic carbocycles. The molecule has 1 aromatic heterocycles. The Morgan fingerprint density at radius 1 is 1.28 bits per heavy atom. The monoisotopic (exact) mass is 246 g/mol. The molecule has 0 spiro atoms. The SMILES string of the molecule is COc1cc2[nH]ccc(=O)c2cc1NC(C)(C)C. The van der Waals surface area contributed by atoms with Gasteiger partial charge in [-0.05, 0) is 26.8 Å². The first-order valence-corrected chi connectivity index (χ1v) is 5.88. The summed E-state index contributed by atoms with van der Waals surface area (Å²) in [5, 5.41) is 4.00. The Bertz CT molecular complexity index is 624. The van der Waals surface area contributed by atoms with E-state index < -0.39 is 0 Å². The molecule has 1 heterocycles. The highest BCUT2D eigenvalue weighted by molar-refractivity contribution is 5.85. The lowest BCUT2D eigenvalue weighted by molar-refractivity contribution is 0.415. The first kappa shape index (κ1) is 12.5. The molecule has 0 fully saturated rings. The molecule has 0 aliphatic carbocycles. The van der Waals surface area contributed by atoms with Crippen molar-refractivity contribution < 1.29 is 4.74 Å². The molecule has 0 radical (unpaired) electrons. The van der Waals surface area contributed by atoms with E-state index in [1.54, 1.807) is 13.3 Å². The number of nitrogens with one attached hydrogen (secondary N) is 2. The minimum Gasteiger partial charge on any atom is -0.495 e. The summed E-state index contributed by atoms with van der Waals surface area (Å²) < 4.78 is 5.35. The van der Waals surface area contributed by atoms with E-state index in [9.17, 15) is 4.79 Å². The fourth-order valence-electron chi connectivity index (χ4n) is 1.87. The number of benzene rings is 1. The minimum atomic E-state index is -0.0947. The molecule has 4 heteroatoms. The predicted octanol–water partition coefficient (Wildman–Crippen LogP) is 2.75. The van der Waals surface area contributed by atoms with Crippen molar-refractivity contribution in [2.75, 3.05) is 12.4 Å². The number of fused-ring (bicyclic) bond motifs is 1. The van der Waals surface area contributed by atoms with Crippen LogP contribution >= 0.6 is 0 Å². The van der Waals surface area contributed by atoms with Gasteiger partial charge in [-0.1, -0.05) is 0 Å². The normalized spacial score (nSPS) is 11.6. The van der Waals surface area contributed by atoms with Gasteiger partial charge in [0, 0.05) is 29.3 Å². The first-order valence-electron chi connectivity index (χ1n) is 5.88. The van der Waals surface area contributed by atoms with Gasteiger partial charge in [-0.2, -0.15) is 0 Å². The van der Waals surface area contributed by atoms with Crippen molar-refractivity contribution in [1.29, 1.82) is 0 Å². The molecular formula is C14H18N2O2. The molecule has 2 N–H and O–H groups in total. The molecule has 0 saturated heterocycles. The highest BCUT2D eigenvalue weighted by Crippen LogP contribution is 2.30. The Labute approximate surface area is 106 Å². The van der Waals surface area contributed by atoms with Crippen LogP contribution in [0, 0.1) is 0 Å². The van der Waals surface area contributed by atoms with Gasteiger partial charge in [-0.25, -0.2) is 0 Å². The van der Waals surface area contributed by atoms with Crippen molar-refractivity contribution >= 4 is 16.6 Å². The van der Waals surface area contributed by atoms with Gasteiger partial charge >= 0.3 is 0 Å². The topological polar surface area (TPSA) is 54.1 Å². The van der Waals surface area contributed by atoms with Gasteiger partial charge in [-0.3, -0.25) is 4.79 Å². The van der Waals surface area contributed by atoms with Crippen molar-refractivity contribution in [2.45, 2.75) is 26.3 Å². The van der Waals surface area contributed by atoms with Gasteiger partial charge in [0.25, 0.3) is 0 Å². The summed E-state index contributed by atoms with van der Waals surface area (Å²) in [5.41, 5.74) is 1.51. The van der Waals surface area contributed by atoms with E-state index in [-0.39, 0.29) is 11.0 Å². The van der Waals surface area contributed by atoms with E-state index in [1.165, 1.54) is 6.07 Å². The van der Waals surface area contributed by atoms with Crippen LogP contribution in [0.2, 0.25) is 0 Å². The smallest absolute Gasteiger partial charge is 0.189 e. The molecular weight excluding hydrogens is 228 g/mol. The Morgan fingerprint density at radius 2 is 2.00 bits per heavy atom. The Kier molecular flexibility index (Phi) is 3.03. The van der Waals surface area contributed by atoms with Gasteiger partial charge < -0.3 is 15.0 Å². The van der Waals surface area contributed by atoms with Gasteiger partial charge in [0.15, 0.2) is 5.43 Å². The van der Waals surface area contributed by atoms with E-state index in [4.69, 9.17) is 4.74 Å². The number of hydrogen-bond donors (Lipinski definition) is 2. The number of rotatable bonds is 2. The lowest BCUT2D eigenvalue weighted by atomic mass is 10.1. The largest absolute Gasteiger partial charge is 0.495 e. The predicted molar refractivity (Wildman–Crippen MR) is 74.5 cm³/mol. The number of aromatic nitrogens is 1. The molecule has 2 aromatic rings. The highest BCUT2D eigenvalue weighted by atomic mass is 16.5. The fourth-order valence-corrected chi connectivity index (χ4v) is 1.87. The van der Waals surface area contributed by atoms with E-state index in [2.05, 4.69) is 31.1 Å². The number of hydrogen-bond acceptors (Lipinski definition) is 3. The quantitative estimate of drug-likeness (QED) is 0.856. The minimum absolute atomic E-state index is 0.00311. The molecule has 0 aliphatic rings. The third kappa shape index (κ3) is 2.47. The van der Waals surface area contributed by atoms with Crippen LogP contribution in [0.15, 0.2) is 29.2 Å². The van der Waals surface area contributed by atoms with Crippen LogP contribution in [-0.4, -0.2) is 17.6 Å². The Balaban J connectivity index is 2.64. The van der Waals surface area contributed by atoms with Crippen LogP contribution in [0.3, 0.4) is 0 Å². The molecule has 0 amide bonds. The van der Waals surface area contributed by atoms with E-state index in [0.29, 0.717) is 5.39 Å². The number of anilines is 1. The van der Waals surface area contributed by atoms with E-state index >= 15 is 0 Å². The summed E-state index contributed by atoms with van der Waals surface area (Å²) in [5.74, 6) is 0.722. The third-order valence-electron chi connectivity index (χ3n) is 2.59. The summed E-state index contributed by atoms with van der Waals surface area (Å²) in [6.45, 7) is 6.18. The van der Waals surface area contributed by atoms with Crippen LogP contribution in [0.5, 0.6) is 5.75 Å². The Hall–Kier alpha value is -1.97. The number of pyridine rings is 1. The standard InChI is InChI=1S/C14H18N2O2/c1-14(2,3)16-11-7-9-10(8-13(11)18-4)15-6-5-12(9)17/h5-8,16H,1-4H3,(H,15,17). The first-order chi connectivity index (χ1) is 8.40. The van der Waals surface area contributed by atoms with Crippen molar-refractivity contribution in [3.8, 4) is 5.75 Å². The van der Waals surface area contributed by atoms with Gasteiger partial charge in [0.05, 0.1) is 18.3 Å². The lowest BCUT2D eigenvalue weighted by Gasteiger charge is -2.24. The molecule has 18 heavy (non-hydrogen) atoms. The van der Waals surface area contributed by atoms with Crippen molar-refractivity contribution in [3.63, 3.8) is 0 Å². The third-order valence-corrected chi connectivity index (χ3v) is 2.59. The van der Waals surface area contributed by atoms with E-state index in [0.717, 1.165) is 17.0 Å². The maximum atomic E-state index is 11.8. The second kappa shape index (κ2) is 4.37. The molecule has 0 saturated carbocycles. The summed E-state index contributed by atoms with van der Waals surface area (Å²) in [6.07, 6.45) is 1.64. The van der Waals surface area contributed by atoms with Gasteiger partial charge in [0.1, 0.15) is 5.75 Å². The van der Waals surface area contributed by atoms with Crippen molar-refractivity contribution in [2.24, 2.45) is 0 Å². The maximum Gasteiger partial charge on any atom is 0.189 e. The summed E-state index contributed by atoms with van der Waals surface area (Å²) in [6, 6.07) is 5.19. The number of H-pyrrole nitrogens is 1. The Morgan fingerprint density at radius 3 is 2.61 bits per heavy atom. The second-order valence-electron chi connectivity index (χ2n) is 5.31. The summed E-state index contributed by atoms with van der Waals surface area (Å²) >= 11 is 0. The highest BCUT2D eigenvalue weighted by Gasteiger charge is 2.14. The number of ether oxygens (including phenoxy) is 1. The zero-order chi connectivity index (χ0) is 13.3. The molecule has 0 bridgehead atoms. The lowest BCUT2D eigenvalue weighted by Crippen LogP contribution is -2.26. The van der Waals surface area contributed by atoms with Gasteiger partial charge in [0.2, 0.25) is 0 Å². The van der Waals surface area contributed by atoms with Crippen LogP contribution in [-0.2, 0) is 0 Å². The van der Waals surface area contributed by atoms with Crippen LogP contribution in [0.4, 0.5) is 5.69 Å². The zero-order valence-electron chi connectivity index (χ0n) is 11.1. The molecule has 0 unspecified atom stereocenters. The molecule has 0 atom stereocenters. The van der Waals surface area contributed by atoms with Crippen LogP contribution < -0.4 is 15.5 Å². The summed E-state index contributed by atoms with van der Waals surface area (Å²) in [7, 11) is 1.62. The van der Waals surface area contributed by atoms with Crippen LogP contribution in [0.25, 0.3) is 10.9 Å². The van der Waals surface area contributed by atoms with Crippen molar-refractivity contribution in [3.05, 3.63) is 34.6 Å². The molecule has 4 nitrogen and oxygen atoms in total. The molecule has 2 rings (SSSR count). The van der Waals surface area contributed by atoms with E-state index in [1.807, 2.05) is 12.1 Å². The van der Waals surface area contributed by atoms with Crippen LogP contribution in [0.1, 0.15) is 20.8 Å². The average molecular weight is 246 g/mol. The molecule has 96 valence electrons. The number of aromatic amines is 1. The number of methoxy groups -OCH3 is 1. The van der Waals surface area contributed by atoms with Crippen molar-refractivity contribution in [1.82, 2.24) is 4.98 Å². The summed E-state index contributed by atoms with van der Waals surface area (Å²) in [4.78, 5) is 14.9. The van der Waals surface area contributed by atoms with Gasteiger partial charge in [-0.15, -0.1) is 0 Å². The zero-order valence-corrected chi connectivity index (χ0v) is 11.1. The second-order valence-corrected chi connectivity index (χ2v) is 5.31. The molecule has 0 aliphatic heterocycles. The maximum absolute atomic E-state index is 11.8.